The van der Waals surface area contributed by atoms with E-state index >= 15 is 0 Å². The van der Waals surface area contributed by atoms with Gasteiger partial charge >= 0.3 is 0 Å². The highest BCUT2D eigenvalue weighted by Crippen LogP contribution is 2.20. The summed E-state index contributed by atoms with van der Waals surface area (Å²) in [6.45, 7) is 1.44. The Hall–Kier alpha value is -2.65. The van der Waals surface area contributed by atoms with Crippen LogP contribution < -0.4 is 5.56 Å². The Morgan fingerprint density at radius 2 is 1.85 bits per heavy atom. The number of H-pyrrole nitrogens is 1. The van der Waals surface area contributed by atoms with Crippen LogP contribution in [0.1, 0.15) is 12.7 Å². The fourth-order valence-electron chi connectivity index (χ4n) is 2.53. The predicted octanol–water partition coefficient (Wildman–Crippen LogP) is 2.41. The summed E-state index contributed by atoms with van der Waals surface area (Å²) in [5.41, 5.74) is 0.0550. The van der Waals surface area contributed by atoms with Crippen LogP contribution in [0.2, 0.25) is 0 Å². The van der Waals surface area contributed by atoms with E-state index in [1.807, 2.05) is 0 Å². The largest absolute Gasteiger partial charge is 0.309 e. The highest BCUT2D eigenvalue weighted by Gasteiger charge is 2.25. The van der Waals surface area contributed by atoms with E-state index < -0.39 is 21.7 Å². The molecule has 0 unspecified atom stereocenters. The molecule has 26 heavy (non-hydrogen) atoms. The van der Waals surface area contributed by atoms with E-state index in [4.69, 9.17) is 0 Å². The predicted molar refractivity (Wildman–Crippen MR) is 92.0 cm³/mol. The molecule has 1 heterocycles. The number of hydrogen-bond acceptors (Lipinski definition) is 4. The Kier molecular flexibility index (Phi) is 4.84. The van der Waals surface area contributed by atoms with Gasteiger partial charge in [0.25, 0.3) is 5.56 Å². The fraction of sp³-hybridized carbons (Fsp3) is 0.176. The van der Waals surface area contributed by atoms with Gasteiger partial charge < -0.3 is 4.98 Å². The molecular weight excluding hydrogens is 364 g/mol. The maximum absolute atomic E-state index is 13.4. The lowest BCUT2D eigenvalue weighted by Gasteiger charge is -2.20. The number of sulfonamides is 1. The third-order valence-corrected chi connectivity index (χ3v) is 5.79. The first-order chi connectivity index (χ1) is 12.3. The fourth-order valence-corrected chi connectivity index (χ4v) is 3.95. The smallest absolute Gasteiger partial charge is 0.258 e. The number of nitrogens with one attached hydrogen (secondary N) is 1. The number of aromatic amines is 1. The van der Waals surface area contributed by atoms with Crippen LogP contribution in [0, 0.1) is 11.6 Å². The second kappa shape index (κ2) is 6.93. The van der Waals surface area contributed by atoms with Gasteiger partial charge in [0.05, 0.1) is 22.3 Å². The van der Waals surface area contributed by atoms with Gasteiger partial charge in [-0.3, -0.25) is 4.79 Å². The number of rotatable bonds is 5. The number of aromatic nitrogens is 2. The van der Waals surface area contributed by atoms with Crippen LogP contribution >= 0.6 is 0 Å². The van der Waals surface area contributed by atoms with Gasteiger partial charge in [-0.2, -0.15) is 4.31 Å². The molecule has 9 heteroatoms. The van der Waals surface area contributed by atoms with Crippen LogP contribution in [0.15, 0.2) is 52.2 Å². The molecule has 0 aliphatic heterocycles. The lowest BCUT2D eigenvalue weighted by Crippen LogP contribution is -2.32. The van der Waals surface area contributed by atoms with Crippen molar-refractivity contribution >= 4 is 20.9 Å². The van der Waals surface area contributed by atoms with Crippen molar-refractivity contribution in [1.82, 2.24) is 14.3 Å². The number of benzene rings is 2. The van der Waals surface area contributed by atoms with E-state index in [1.54, 1.807) is 31.2 Å². The maximum atomic E-state index is 13.4. The molecule has 0 aliphatic rings. The van der Waals surface area contributed by atoms with Crippen molar-refractivity contribution in [2.45, 2.75) is 18.4 Å². The van der Waals surface area contributed by atoms with E-state index in [-0.39, 0.29) is 29.4 Å². The van der Waals surface area contributed by atoms with Gasteiger partial charge in [-0.15, -0.1) is 0 Å². The SMILES string of the molecule is CCN(Cc1nc2ccccc2c(=O)[nH]1)S(=O)(=O)c1ccc(F)c(F)c1. The summed E-state index contributed by atoms with van der Waals surface area (Å²) >= 11 is 0. The van der Waals surface area contributed by atoms with Gasteiger partial charge in [0.2, 0.25) is 10.0 Å². The van der Waals surface area contributed by atoms with Crippen molar-refractivity contribution in [3.8, 4) is 0 Å². The van der Waals surface area contributed by atoms with E-state index in [1.165, 1.54) is 0 Å². The first-order valence-electron chi connectivity index (χ1n) is 7.76. The van der Waals surface area contributed by atoms with Crippen molar-refractivity contribution in [3.63, 3.8) is 0 Å². The molecule has 0 bridgehead atoms. The highest BCUT2D eigenvalue weighted by atomic mass is 32.2. The van der Waals surface area contributed by atoms with Crippen LogP contribution in [0.25, 0.3) is 10.9 Å². The average Bonchev–Trinajstić information content (AvgIpc) is 2.61. The van der Waals surface area contributed by atoms with Crippen LogP contribution in [-0.2, 0) is 16.6 Å². The van der Waals surface area contributed by atoms with Crippen LogP contribution in [-0.4, -0.2) is 29.2 Å². The van der Waals surface area contributed by atoms with Gasteiger partial charge in [0.15, 0.2) is 11.6 Å². The number of para-hydroxylation sites is 1. The molecule has 1 N–H and O–H groups in total. The molecule has 3 aromatic rings. The zero-order valence-corrected chi connectivity index (χ0v) is 14.6. The number of halogens is 2. The molecule has 1 aromatic heterocycles. The monoisotopic (exact) mass is 379 g/mol. The molecule has 2 aromatic carbocycles. The van der Waals surface area contributed by atoms with Crippen molar-refractivity contribution in [1.29, 1.82) is 0 Å². The Balaban J connectivity index is 1.99. The summed E-state index contributed by atoms with van der Waals surface area (Å²) in [6, 6.07) is 9.05. The van der Waals surface area contributed by atoms with E-state index in [0.717, 1.165) is 16.4 Å². The van der Waals surface area contributed by atoms with Crippen molar-refractivity contribution in [2.75, 3.05) is 6.54 Å². The van der Waals surface area contributed by atoms with Crippen LogP contribution in [0.5, 0.6) is 0 Å². The lowest BCUT2D eigenvalue weighted by molar-refractivity contribution is 0.413. The molecule has 0 saturated carbocycles. The summed E-state index contributed by atoms with van der Waals surface area (Å²) < 4.78 is 52.9. The summed E-state index contributed by atoms with van der Waals surface area (Å²) in [6.07, 6.45) is 0. The molecule has 0 saturated heterocycles. The van der Waals surface area contributed by atoms with E-state index in [0.29, 0.717) is 17.0 Å². The molecule has 3 rings (SSSR count). The summed E-state index contributed by atoms with van der Waals surface area (Å²) in [7, 11) is -4.09. The first-order valence-corrected chi connectivity index (χ1v) is 9.20. The number of hydrogen-bond donors (Lipinski definition) is 1. The Labute approximate surface area is 148 Å². The Morgan fingerprint density at radius 1 is 1.12 bits per heavy atom. The van der Waals surface area contributed by atoms with Crippen LogP contribution in [0.3, 0.4) is 0 Å². The molecule has 0 aliphatic carbocycles. The summed E-state index contributed by atoms with van der Waals surface area (Å²) in [4.78, 5) is 18.6. The van der Waals surface area contributed by atoms with Crippen molar-refractivity contribution in [3.05, 3.63) is 70.3 Å². The molecule has 0 radical (unpaired) electrons. The minimum absolute atomic E-state index is 0.0534. The second-order valence-electron chi connectivity index (χ2n) is 5.54. The van der Waals surface area contributed by atoms with Gasteiger partial charge in [0.1, 0.15) is 5.82 Å². The van der Waals surface area contributed by atoms with E-state index in [9.17, 15) is 22.0 Å². The number of fused-ring (bicyclic) bond motifs is 1. The Bertz CT molecular complexity index is 1130. The van der Waals surface area contributed by atoms with Gasteiger partial charge in [-0.1, -0.05) is 19.1 Å². The normalized spacial score (nSPS) is 12.0. The van der Waals surface area contributed by atoms with Crippen molar-refractivity contribution in [2.24, 2.45) is 0 Å². The third kappa shape index (κ3) is 3.35. The minimum atomic E-state index is -4.09. The molecule has 0 atom stereocenters. The Morgan fingerprint density at radius 3 is 2.54 bits per heavy atom. The topological polar surface area (TPSA) is 83.1 Å². The van der Waals surface area contributed by atoms with E-state index in [2.05, 4.69) is 9.97 Å². The quantitative estimate of drug-likeness (QED) is 0.738. The van der Waals surface area contributed by atoms with Gasteiger partial charge in [-0.25, -0.2) is 22.2 Å². The standard InChI is InChI=1S/C17H15F2N3O3S/c1-2-22(26(24,25)11-7-8-13(18)14(19)9-11)10-16-20-15-6-4-3-5-12(15)17(23)21-16/h3-9H,2,10H2,1H3,(H,20,21,23). The van der Waals surface area contributed by atoms with Gasteiger partial charge in [0, 0.05) is 6.54 Å². The minimum Gasteiger partial charge on any atom is -0.309 e. The molecule has 6 nitrogen and oxygen atoms in total. The maximum Gasteiger partial charge on any atom is 0.258 e. The molecule has 0 spiro atoms. The zero-order valence-electron chi connectivity index (χ0n) is 13.7. The van der Waals surface area contributed by atoms with Crippen LogP contribution in [0.4, 0.5) is 8.78 Å². The molecule has 136 valence electrons. The molecular formula is C17H15F2N3O3S. The summed E-state index contributed by atoms with van der Waals surface area (Å²) in [5, 5.41) is 0.391. The third-order valence-electron chi connectivity index (χ3n) is 3.87. The van der Waals surface area contributed by atoms with Gasteiger partial charge in [-0.05, 0) is 30.3 Å². The first kappa shape index (κ1) is 18.2. The average molecular weight is 379 g/mol. The lowest BCUT2D eigenvalue weighted by atomic mass is 10.2. The van der Waals surface area contributed by atoms with Crippen molar-refractivity contribution < 1.29 is 17.2 Å². The highest BCUT2D eigenvalue weighted by molar-refractivity contribution is 7.89. The zero-order chi connectivity index (χ0) is 18.9. The summed E-state index contributed by atoms with van der Waals surface area (Å²) in [5.74, 6) is -2.23. The second-order valence-corrected chi connectivity index (χ2v) is 7.47. The number of nitrogens with zero attached hydrogens (tertiary/aromatic N) is 2. The molecule has 0 amide bonds. The molecule has 0 fully saturated rings.